The number of ether oxygens (including phenoxy) is 4. The summed E-state index contributed by atoms with van der Waals surface area (Å²) in [5.74, 6) is 0.0876. The minimum absolute atomic E-state index is 0.0346. The Kier molecular flexibility index (Phi) is 8.44. The molecule has 0 radical (unpaired) electrons. The standard InChI is InChI=1S/C29H31NO8S/c1-5-6-20-15-22(29(32)35-4)10-13-24(20)38-27(21-9-14-25-26(16-21)37-17-36-25)28(31)30-39(33,34)23-11-7-19(8-12-23)18(2)3/h7-16,18,27H,5-6,17H2,1-4H3,(H,30,31). The van der Waals surface area contributed by atoms with Gasteiger partial charge in [-0.1, -0.05) is 45.4 Å². The van der Waals surface area contributed by atoms with Crippen molar-refractivity contribution < 1.29 is 37.0 Å². The van der Waals surface area contributed by atoms with Gasteiger partial charge in [-0.3, -0.25) is 4.79 Å². The van der Waals surface area contributed by atoms with Gasteiger partial charge in [0.2, 0.25) is 12.9 Å². The fourth-order valence-electron chi connectivity index (χ4n) is 4.16. The molecule has 9 nitrogen and oxygen atoms in total. The van der Waals surface area contributed by atoms with E-state index in [1.54, 1.807) is 42.5 Å². The van der Waals surface area contributed by atoms with E-state index in [0.29, 0.717) is 40.4 Å². The van der Waals surface area contributed by atoms with Crippen LogP contribution in [0.5, 0.6) is 17.2 Å². The maximum atomic E-state index is 13.5. The molecular weight excluding hydrogens is 522 g/mol. The highest BCUT2D eigenvalue weighted by molar-refractivity contribution is 7.90. The lowest BCUT2D eigenvalue weighted by atomic mass is 10.0. The van der Waals surface area contributed by atoms with Crippen molar-refractivity contribution in [3.8, 4) is 17.2 Å². The second kappa shape index (κ2) is 11.8. The van der Waals surface area contributed by atoms with Crippen LogP contribution in [-0.2, 0) is 26.0 Å². The lowest BCUT2D eigenvalue weighted by Gasteiger charge is -2.21. The SMILES string of the molecule is CCCc1cc(C(=O)OC)ccc1OC(C(=O)NS(=O)(=O)c1ccc(C(C)C)cc1)c1ccc2c(c1)OCO2. The highest BCUT2D eigenvalue weighted by atomic mass is 32.2. The molecule has 206 valence electrons. The Labute approximate surface area is 228 Å². The Morgan fingerprint density at radius 2 is 1.64 bits per heavy atom. The molecule has 1 N–H and O–H groups in total. The lowest BCUT2D eigenvalue weighted by molar-refractivity contribution is -0.126. The van der Waals surface area contributed by atoms with Crippen LogP contribution in [0.2, 0.25) is 0 Å². The zero-order valence-corrected chi connectivity index (χ0v) is 23.0. The molecule has 39 heavy (non-hydrogen) atoms. The second-order valence-electron chi connectivity index (χ2n) is 9.37. The molecule has 1 atom stereocenters. The number of sulfonamides is 1. The third-order valence-corrected chi connectivity index (χ3v) is 7.64. The number of hydrogen-bond acceptors (Lipinski definition) is 8. The van der Waals surface area contributed by atoms with Gasteiger partial charge in [0.05, 0.1) is 17.6 Å². The molecule has 0 aliphatic carbocycles. The Bertz CT molecular complexity index is 1470. The Hall–Kier alpha value is -4.05. The van der Waals surface area contributed by atoms with Crippen LogP contribution in [0.3, 0.4) is 0 Å². The van der Waals surface area contributed by atoms with Crippen molar-refractivity contribution in [3.05, 3.63) is 82.9 Å². The monoisotopic (exact) mass is 553 g/mol. The van der Waals surface area contributed by atoms with E-state index in [2.05, 4.69) is 4.72 Å². The molecule has 1 heterocycles. The molecule has 4 rings (SSSR count). The van der Waals surface area contributed by atoms with Gasteiger partial charge in [0, 0.05) is 5.56 Å². The average Bonchev–Trinajstić information content (AvgIpc) is 3.39. The van der Waals surface area contributed by atoms with Gasteiger partial charge in [0.25, 0.3) is 15.9 Å². The van der Waals surface area contributed by atoms with E-state index in [1.807, 2.05) is 20.8 Å². The van der Waals surface area contributed by atoms with Gasteiger partial charge in [-0.05, 0) is 65.9 Å². The number of benzene rings is 3. The van der Waals surface area contributed by atoms with Crippen LogP contribution >= 0.6 is 0 Å². The average molecular weight is 554 g/mol. The van der Waals surface area contributed by atoms with Crippen LogP contribution in [0.15, 0.2) is 65.6 Å². The molecule has 0 spiro atoms. The summed E-state index contributed by atoms with van der Waals surface area (Å²) in [7, 11) is -2.90. The summed E-state index contributed by atoms with van der Waals surface area (Å²) in [5.41, 5.74) is 2.35. The highest BCUT2D eigenvalue weighted by Crippen LogP contribution is 2.36. The van der Waals surface area contributed by atoms with E-state index < -0.39 is 28.0 Å². The predicted molar refractivity (Wildman–Crippen MR) is 144 cm³/mol. The van der Waals surface area contributed by atoms with E-state index in [9.17, 15) is 18.0 Å². The molecule has 1 aliphatic rings. The van der Waals surface area contributed by atoms with E-state index in [-0.39, 0.29) is 17.6 Å². The molecule has 1 amide bonds. The van der Waals surface area contributed by atoms with Gasteiger partial charge >= 0.3 is 5.97 Å². The van der Waals surface area contributed by atoms with Crippen molar-refractivity contribution in [2.24, 2.45) is 0 Å². The first kappa shape index (κ1) is 28.0. The molecule has 1 aliphatic heterocycles. The van der Waals surface area contributed by atoms with E-state index >= 15 is 0 Å². The fourth-order valence-corrected chi connectivity index (χ4v) is 5.14. The van der Waals surface area contributed by atoms with Crippen LogP contribution in [0.4, 0.5) is 0 Å². The lowest BCUT2D eigenvalue weighted by Crippen LogP contribution is -2.37. The van der Waals surface area contributed by atoms with Gasteiger partial charge in [-0.25, -0.2) is 17.9 Å². The largest absolute Gasteiger partial charge is 0.475 e. The number of hydrogen-bond donors (Lipinski definition) is 1. The first-order chi connectivity index (χ1) is 18.6. The van der Waals surface area contributed by atoms with Gasteiger partial charge in [-0.2, -0.15) is 0 Å². The molecule has 0 fully saturated rings. The Morgan fingerprint density at radius 3 is 2.31 bits per heavy atom. The third-order valence-electron chi connectivity index (χ3n) is 6.28. The number of aryl methyl sites for hydroxylation is 1. The van der Waals surface area contributed by atoms with Crippen LogP contribution < -0.4 is 18.9 Å². The number of amides is 1. The molecule has 1 unspecified atom stereocenters. The molecule has 0 saturated heterocycles. The summed E-state index contributed by atoms with van der Waals surface area (Å²) in [5, 5.41) is 0. The summed E-state index contributed by atoms with van der Waals surface area (Å²) in [4.78, 5) is 25.6. The predicted octanol–water partition coefficient (Wildman–Crippen LogP) is 4.90. The van der Waals surface area contributed by atoms with Crippen molar-refractivity contribution in [3.63, 3.8) is 0 Å². The normalized spacial score (nSPS) is 13.2. The molecule has 0 aromatic heterocycles. The van der Waals surface area contributed by atoms with Gasteiger partial charge in [0.1, 0.15) is 5.75 Å². The maximum Gasteiger partial charge on any atom is 0.337 e. The van der Waals surface area contributed by atoms with Crippen LogP contribution in [0, 0.1) is 0 Å². The maximum absolute atomic E-state index is 13.5. The number of esters is 1. The number of rotatable bonds is 10. The van der Waals surface area contributed by atoms with E-state index in [0.717, 1.165) is 12.0 Å². The van der Waals surface area contributed by atoms with Crippen LogP contribution in [0.1, 0.15) is 66.3 Å². The summed E-state index contributed by atoms with van der Waals surface area (Å²) in [6.07, 6.45) is -0.0672. The summed E-state index contributed by atoms with van der Waals surface area (Å²) in [6, 6.07) is 15.9. The zero-order valence-electron chi connectivity index (χ0n) is 22.2. The Morgan fingerprint density at radius 1 is 0.949 bits per heavy atom. The van der Waals surface area contributed by atoms with Crippen LogP contribution in [-0.4, -0.2) is 34.2 Å². The number of nitrogens with one attached hydrogen (secondary N) is 1. The number of methoxy groups -OCH3 is 1. The number of carbonyl (C=O) groups is 2. The number of fused-ring (bicyclic) bond motifs is 1. The first-order valence-electron chi connectivity index (χ1n) is 12.6. The van der Waals surface area contributed by atoms with Crippen molar-refractivity contribution in [2.45, 2.75) is 50.5 Å². The van der Waals surface area contributed by atoms with Gasteiger partial charge < -0.3 is 18.9 Å². The summed E-state index contributed by atoms with van der Waals surface area (Å²) < 4.78 is 50.3. The van der Waals surface area contributed by atoms with E-state index in [1.165, 1.54) is 25.3 Å². The van der Waals surface area contributed by atoms with Gasteiger partial charge in [-0.15, -0.1) is 0 Å². The molecular formula is C29H31NO8S. The highest BCUT2D eigenvalue weighted by Gasteiger charge is 2.30. The molecule has 10 heteroatoms. The van der Waals surface area contributed by atoms with Gasteiger partial charge in [0.15, 0.2) is 11.5 Å². The zero-order chi connectivity index (χ0) is 28.2. The third kappa shape index (κ3) is 6.34. The topological polar surface area (TPSA) is 117 Å². The molecule has 3 aromatic carbocycles. The van der Waals surface area contributed by atoms with Crippen molar-refractivity contribution in [2.75, 3.05) is 13.9 Å². The number of carbonyl (C=O) groups excluding carboxylic acids is 2. The quantitative estimate of drug-likeness (QED) is 0.352. The Balaban J connectivity index is 1.69. The first-order valence-corrected chi connectivity index (χ1v) is 14.0. The van der Waals surface area contributed by atoms with E-state index in [4.69, 9.17) is 18.9 Å². The molecule has 0 saturated carbocycles. The van der Waals surface area contributed by atoms with Crippen molar-refractivity contribution in [1.29, 1.82) is 0 Å². The van der Waals surface area contributed by atoms with Crippen molar-refractivity contribution >= 4 is 21.9 Å². The summed E-state index contributed by atoms with van der Waals surface area (Å²) >= 11 is 0. The minimum atomic E-state index is -4.20. The minimum Gasteiger partial charge on any atom is -0.475 e. The second-order valence-corrected chi connectivity index (χ2v) is 11.1. The van der Waals surface area contributed by atoms with Crippen molar-refractivity contribution in [1.82, 2.24) is 4.72 Å². The molecule has 0 bridgehead atoms. The van der Waals surface area contributed by atoms with Crippen LogP contribution in [0.25, 0.3) is 0 Å². The molecule has 3 aromatic rings. The summed E-state index contributed by atoms with van der Waals surface area (Å²) in [6.45, 7) is 6.01. The fraction of sp³-hybridized carbons (Fsp3) is 0.310. The smallest absolute Gasteiger partial charge is 0.337 e.